The number of hydrogen-bond donors (Lipinski definition) is 1. The lowest BCUT2D eigenvalue weighted by Gasteiger charge is -2.31. The predicted molar refractivity (Wildman–Crippen MR) is 59.4 cm³/mol. The third-order valence-electron chi connectivity index (χ3n) is 2.56. The summed E-state index contributed by atoms with van der Waals surface area (Å²) in [5, 5.41) is 8.73. The van der Waals surface area contributed by atoms with Crippen LogP contribution in [0.3, 0.4) is 0 Å². The van der Waals surface area contributed by atoms with Crippen molar-refractivity contribution in [3.8, 4) is 6.07 Å². The minimum Gasteiger partial charge on any atom is -0.360 e. The Morgan fingerprint density at radius 2 is 2.38 bits per heavy atom. The zero-order valence-electron chi connectivity index (χ0n) is 9.85. The summed E-state index contributed by atoms with van der Waals surface area (Å²) in [4.78, 5) is 13.6. The van der Waals surface area contributed by atoms with E-state index in [1.165, 1.54) is 0 Å². The van der Waals surface area contributed by atoms with Gasteiger partial charge in [-0.25, -0.2) is 0 Å². The lowest BCUT2D eigenvalue weighted by atomic mass is 10.0. The molecule has 0 spiro atoms. The first-order valence-electron chi connectivity index (χ1n) is 5.60. The van der Waals surface area contributed by atoms with Crippen molar-refractivity contribution in [3.05, 3.63) is 0 Å². The van der Waals surface area contributed by atoms with Crippen LogP contribution >= 0.6 is 0 Å². The van der Waals surface area contributed by atoms with E-state index < -0.39 is 12.1 Å². The molecule has 1 fully saturated rings. The fourth-order valence-electron chi connectivity index (χ4n) is 1.77. The van der Waals surface area contributed by atoms with Crippen molar-refractivity contribution in [2.45, 2.75) is 32.4 Å². The van der Waals surface area contributed by atoms with Crippen LogP contribution in [0.5, 0.6) is 0 Å². The molecule has 1 aliphatic rings. The predicted octanol–water partition coefficient (Wildman–Crippen LogP) is 0.111. The monoisotopic (exact) mass is 225 g/mol. The molecular formula is C11H19N3O2. The van der Waals surface area contributed by atoms with Crippen LogP contribution in [0.25, 0.3) is 0 Å². The van der Waals surface area contributed by atoms with Gasteiger partial charge in [0.05, 0.1) is 25.3 Å². The smallest absolute Gasteiger partial charge is 0.239 e. The Morgan fingerprint density at radius 1 is 1.69 bits per heavy atom. The summed E-state index contributed by atoms with van der Waals surface area (Å²) < 4.78 is 5.17. The molecule has 1 heterocycles. The summed E-state index contributed by atoms with van der Waals surface area (Å²) in [5.41, 5.74) is 5.82. The maximum atomic E-state index is 11.9. The summed E-state index contributed by atoms with van der Waals surface area (Å²) in [6.45, 7) is 5.34. The average Bonchev–Trinajstić information content (AvgIpc) is 2.27. The second-order valence-electron chi connectivity index (χ2n) is 4.51. The third-order valence-corrected chi connectivity index (χ3v) is 2.56. The van der Waals surface area contributed by atoms with Gasteiger partial charge < -0.3 is 15.4 Å². The molecule has 1 amide bonds. The van der Waals surface area contributed by atoms with Crippen LogP contribution < -0.4 is 5.73 Å². The van der Waals surface area contributed by atoms with Gasteiger partial charge in [-0.3, -0.25) is 4.79 Å². The van der Waals surface area contributed by atoms with E-state index in [4.69, 9.17) is 15.7 Å². The van der Waals surface area contributed by atoms with Gasteiger partial charge in [-0.05, 0) is 12.3 Å². The molecule has 0 aromatic heterocycles. The number of carbonyl (C=O) groups excluding carboxylic acids is 1. The van der Waals surface area contributed by atoms with Crippen LogP contribution in [0, 0.1) is 17.2 Å². The lowest BCUT2D eigenvalue weighted by molar-refractivity contribution is -0.138. The number of hydrogen-bond acceptors (Lipinski definition) is 4. The van der Waals surface area contributed by atoms with Gasteiger partial charge in [0.15, 0.2) is 6.10 Å². The van der Waals surface area contributed by atoms with Crippen molar-refractivity contribution >= 4 is 5.91 Å². The van der Waals surface area contributed by atoms with E-state index in [9.17, 15) is 4.79 Å². The summed E-state index contributed by atoms with van der Waals surface area (Å²) in [6.07, 6.45) is 0.164. The van der Waals surface area contributed by atoms with Crippen molar-refractivity contribution in [1.82, 2.24) is 4.90 Å². The topological polar surface area (TPSA) is 79.3 Å². The quantitative estimate of drug-likeness (QED) is 0.739. The molecule has 0 radical (unpaired) electrons. The Balaban J connectivity index is 2.50. The molecule has 5 heteroatoms. The first-order valence-corrected chi connectivity index (χ1v) is 5.60. The van der Waals surface area contributed by atoms with Gasteiger partial charge in [0, 0.05) is 6.54 Å². The molecule has 1 rings (SSSR count). The highest BCUT2D eigenvalue weighted by atomic mass is 16.5. The zero-order valence-corrected chi connectivity index (χ0v) is 9.85. The summed E-state index contributed by atoms with van der Waals surface area (Å²) in [7, 11) is 0. The van der Waals surface area contributed by atoms with Gasteiger partial charge in [-0.2, -0.15) is 5.26 Å². The molecule has 1 aliphatic heterocycles. The fourth-order valence-corrected chi connectivity index (χ4v) is 1.77. The van der Waals surface area contributed by atoms with Crippen LogP contribution in [-0.2, 0) is 9.53 Å². The second-order valence-corrected chi connectivity index (χ2v) is 4.51. The van der Waals surface area contributed by atoms with E-state index in [2.05, 4.69) is 0 Å². The molecule has 1 saturated heterocycles. The number of carbonyl (C=O) groups is 1. The number of nitriles is 1. The van der Waals surface area contributed by atoms with Gasteiger partial charge in [-0.1, -0.05) is 13.8 Å². The van der Waals surface area contributed by atoms with Gasteiger partial charge in [0.1, 0.15) is 0 Å². The number of nitrogens with zero attached hydrogens (tertiary/aromatic N) is 2. The maximum Gasteiger partial charge on any atom is 0.239 e. The minimum absolute atomic E-state index is 0.0720. The molecular weight excluding hydrogens is 206 g/mol. The van der Waals surface area contributed by atoms with Crippen molar-refractivity contribution in [2.24, 2.45) is 11.7 Å². The Morgan fingerprint density at radius 3 is 2.94 bits per heavy atom. The molecule has 0 aromatic rings. The number of amides is 1. The minimum atomic E-state index is -0.510. The van der Waals surface area contributed by atoms with E-state index in [1.807, 2.05) is 19.9 Å². The highest BCUT2D eigenvalue weighted by Crippen LogP contribution is 2.09. The normalized spacial score (nSPS) is 22.9. The highest BCUT2D eigenvalue weighted by Gasteiger charge is 2.27. The molecule has 2 N–H and O–H groups in total. The summed E-state index contributed by atoms with van der Waals surface area (Å²) in [5.74, 6) is 0.323. The Labute approximate surface area is 96.2 Å². The Bertz CT molecular complexity index is 285. The molecule has 0 aromatic carbocycles. The molecule has 0 bridgehead atoms. The van der Waals surface area contributed by atoms with Gasteiger partial charge in [0.2, 0.25) is 5.91 Å². The molecule has 16 heavy (non-hydrogen) atoms. The molecule has 0 aliphatic carbocycles. The largest absolute Gasteiger partial charge is 0.360 e. The van der Waals surface area contributed by atoms with Crippen LogP contribution in [0.2, 0.25) is 0 Å². The number of rotatable bonds is 3. The second kappa shape index (κ2) is 5.83. The fraction of sp³-hybridized carbons (Fsp3) is 0.818. The molecule has 0 saturated carbocycles. The average molecular weight is 225 g/mol. The van der Waals surface area contributed by atoms with E-state index >= 15 is 0 Å². The Hall–Kier alpha value is -1.12. The van der Waals surface area contributed by atoms with E-state index in [1.54, 1.807) is 4.90 Å². The number of morpholine rings is 1. The van der Waals surface area contributed by atoms with Gasteiger partial charge in [-0.15, -0.1) is 0 Å². The van der Waals surface area contributed by atoms with Crippen molar-refractivity contribution in [3.63, 3.8) is 0 Å². The SMILES string of the molecule is CC(C)CC(N)C(=O)N1CCOC(C#N)C1. The van der Waals surface area contributed by atoms with Crippen LogP contribution in [0.1, 0.15) is 20.3 Å². The first kappa shape index (κ1) is 12.9. The maximum absolute atomic E-state index is 11.9. The van der Waals surface area contributed by atoms with Crippen molar-refractivity contribution in [2.75, 3.05) is 19.7 Å². The molecule has 90 valence electrons. The first-order chi connectivity index (χ1) is 7.54. The van der Waals surface area contributed by atoms with E-state index in [0.717, 1.165) is 0 Å². The van der Waals surface area contributed by atoms with Crippen molar-refractivity contribution < 1.29 is 9.53 Å². The van der Waals surface area contributed by atoms with Gasteiger partial charge >= 0.3 is 0 Å². The van der Waals surface area contributed by atoms with Gasteiger partial charge in [0.25, 0.3) is 0 Å². The number of ether oxygens (including phenoxy) is 1. The molecule has 2 unspecified atom stereocenters. The lowest BCUT2D eigenvalue weighted by Crippen LogP contribution is -2.51. The molecule has 2 atom stereocenters. The molecule has 5 nitrogen and oxygen atoms in total. The Kier molecular flexibility index (Phi) is 4.71. The summed E-state index contributed by atoms with van der Waals surface area (Å²) in [6, 6.07) is 1.55. The van der Waals surface area contributed by atoms with Crippen LogP contribution in [0.4, 0.5) is 0 Å². The highest BCUT2D eigenvalue weighted by molar-refractivity contribution is 5.81. The number of nitrogens with two attached hydrogens (primary N) is 1. The van der Waals surface area contributed by atoms with E-state index in [0.29, 0.717) is 32.0 Å². The van der Waals surface area contributed by atoms with Crippen LogP contribution in [0.15, 0.2) is 0 Å². The zero-order chi connectivity index (χ0) is 12.1. The standard InChI is InChI=1S/C11H19N3O2/c1-8(2)5-10(13)11(15)14-3-4-16-9(6-12)7-14/h8-10H,3-5,7,13H2,1-2H3. The van der Waals surface area contributed by atoms with Crippen molar-refractivity contribution in [1.29, 1.82) is 5.26 Å². The third kappa shape index (κ3) is 3.47. The van der Waals surface area contributed by atoms with E-state index in [-0.39, 0.29) is 5.91 Å². The van der Waals surface area contributed by atoms with Crippen LogP contribution in [-0.4, -0.2) is 42.6 Å². The summed E-state index contributed by atoms with van der Waals surface area (Å²) >= 11 is 0.